The molecule has 3 aromatic rings. The molecule has 1 aromatic heterocycles. The van der Waals surface area contributed by atoms with Gasteiger partial charge in [-0.2, -0.15) is 5.10 Å². The third kappa shape index (κ3) is 5.03. The Morgan fingerprint density at radius 3 is 2.38 bits per heavy atom. The number of unbranched alkanes of at least 4 members (excludes halogenated alkanes) is 1. The Bertz CT molecular complexity index is 1110. The van der Waals surface area contributed by atoms with Crippen LogP contribution in [0.4, 0.5) is 0 Å². The zero-order chi connectivity index (χ0) is 21.0. The lowest BCUT2D eigenvalue weighted by molar-refractivity contribution is 0.0492. The lowest BCUT2D eigenvalue weighted by Crippen LogP contribution is -2.12. The number of primary sulfonamides is 1. The van der Waals surface area contributed by atoms with E-state index in [0.29, 0.717) is 23.0 Å². The van der Waals surface area contributed by atoms with Crippen molar-refractivity contribution in [1.29, 1.82) is 0 Å². The van der Waals surface area contributed by atoms with Gasteiger partial charge in [0.05, 0.1) is 22.9 Å². The van der Waals surface area contributed by atoms with E-state index >= 15 is 0 Å². The summed E-state index contributed by atoms with van der Waals surface area (Å²) in [5.41, 5.74) is 2.13. The zero-order valence-corrected chi connectivity index (χ0v) is 17.3. The minimum Gasteiger partial charge on any atom is -0.461 e. The SMILES string of the molecule is CCCCOC(=O)c1cc(-c2ccc(Cl)cc2)n(-c2ccc(S(N)(=O)=O)cc2)n1. The predicted molar refractivity (Wildman–Crippen MR) is 111 cm³/mol. The lowest BCUT2D eigenvalue weighted by Gasteiger charge is -2.08. The normalized spacial score (nSPS) is 11.4. The molecule has 0 aliphatic carbocycles. The molecule has 152 valence electrons. The number of rotatable bonds is 7. The number of nitrogens with zero attached hydrogens (tertiary/aromatic N) is 2. The van der Waals surface area contributed by atoms with Gasteiger partial charge in [0.25, 0.3) is 0 Å². The number of carbonyl (C=O) groups is 1. The fourth-order valence-corrected chi connectivity index (χ4v) is 3.31. The van der Waals surface area contributed by atoms with Crippen LogP contribution in [0.5, 0.6) is 0 Å². The van der Waals surface area contributed by atoms with Gasteiger partial charge in [-0.25, -0.2) is 23.0 Å². The van der Waals surface area contributed by atoms with E-state index in [-0.39, 0.29) is 10.6 Å². The predicted octanol–water partition coefficient (Wildman–Crippen LogP) is 3.80. The van der Waals surface area contributed by atoms with E-state index in [9.17, 15) is 13.2 Å². The summed E-state index contributed by atoms with van der Waals surface area (Å²) in [5.74, 6) is -0.520. The van der Waals surface area contributed by atoms with Gasteiger partial charge >= 0.3 is 5.97 Å². The van der Waals surface area contributed by atoms with Crippen molar-refractivity contribution in [2.24, 2.45) is 5.14 Å². The summed E-state index contributed by atoms with van der Waals surface area (Å²) in [4.78, 5) is 12.4. The maximum atomic E-state index is 12.4. The molecule has 0 saturated carbocycles. The van der Waals surface area contributed by atoms with Gasteiger partial charge in [0, 0.05) is 10.6 Å². The average molecular weight is 434 g/mol. The molecule has 0 unspecified atom stereocenters. The molecular formula is C20H20ClN3O4S. The summed E-state index contributed by atoms with van der Waals surface area (Å²) < 4.78 is 29.8. The van der Waals surface area contributed by atoms with Crippen molar-refractivity contribution in [3.63, 3.8) is 0 Å². The van der Waals surface area contributed by atoms with Crippen molar-refractivity contribution in [2.45, 2.75) is 24.7 Å². The Morgan fingerprint density at radius 2 is 1.79 bits per heavy atom. The number of halogens is 1. The number of nitrogens with two attached hydrogens (primary N) is 1. The van der Waals surface area contributed by atoms with E-state index in [4.69, 9.17) is 21.5 Å². The second kappa shape index (κ2) is 8.77. The smallest absolute Gasteiger partial charge is 0.358 e. The van der Waals surface area contributed by atoms with Crippen LogP contribution < -0.4 is 5.14 Å². The summed E-state index contributed by atoms with van der Waals surface area (Å²) in [5, 5.41) is 10.1. The molecule has 29 heavy (non-hydrogen) atoms. The summed E-state index contributed by atoms with van der Waals surface area (Å²) in [7, 11) is -3.81. The summed E-state index contributed by atoms with van der Waals surface area (Å²) >= 11 is 5.98. The minimum absolute atomic E-state index is 0.0133. The van der Waals surface area contributed by atoms with Crippen molar-refractivity contribution >= 4 is 27.6 Å². The molecule has 0 aliphatic rings. The third-order valence-corrected chi connectivity index (χ3v) is 5.38. The van der Waals surface area contributed by atoms with Gasteiger partial charge in [0.1, 0.15) is 0 Å². The van der Waals surface area contributed by atoms with Gasteiger partial charge < -0.3 is 4.74 Å². The van der Waals surface area contributed by atoms with Gasteiger partial charge in [0.15, 0.2) is 5.69 Å². The van der Waals surface area contributed by atoms with Crippen molar-refractivity contribution in [3.05, 3.63) is 65.3 Å². The van der Waals surface area contributed by atoms with Crippen LogP contribution in [0.1, 0.15) is 30.3 Å². The number of benzene rings is 2. The molecule has 0 aliphatic heterocycles. The van der Waals surface area contributed by atoms with E-state index in [2.05, 4.69) is 5.10 Å². The first-order chi connectivity index (χ1) is 13.8. The molecule has 0 amide bonds. The largest absolute Gasteiger partial charge is 0.461 e. The quantitative estimate of drug-likeness (QED) is 0.450. The first-order valence-electron chi connectivity index (χ1n) is 8.96. The van der Waals surface area contributed by atoms with Crippen molar-refractivity contribution < 1.29 is 17.9 Å². The van der Waals surface area contributed by atoms with Gasteiger partial charge in [-0.3, -0.25) is 0 Å². The number of hydrogen-bond donors (Lipinski definition) is 1. The maximum Gasteiger partial charge on any atom is 0.358 e. The molecule has 0 fully saturated rings. The van der Waals surface area contributed by atoms with Gasteiger partial charge in [-0.05, 0) is 48.9 Å². The molecule has 0 atom stereocenters. The number of hydrogen-bond acceptors (Lipinski definition) is 5. The molecule has 1 heterocycles. The van der Waals surface area contributed by atoms with Crippen LogP contribution in [-0.4, -0.2) is 30.8 Å². The average Bonchev–Trinajstić information content (AvgIpc) is 3.13. The Labute approximate surface area is 174 Å². The summed E-state index contributed by atoms with van der Waals surface area (Å²) in [6.07, 6.45) is 1.68. The van der Waals surface area contributed by atoms with Crippen LogP contribution in [0.2, 0.25) is 5.02 Å². The van der Waals surface area contributed by atoms with E-state index in [0.717, 1.165) is 18.4 Å². The number of carbonyl (C=O) groups excluding carboxylic acids is 1. The molecule has 0 bridgehead atoms. The van der Waals surface area contributed by atoms with Crippen LogP contribution >= 0.6 is 11.6 Å². The number of ether oxygens (including phenoxy) is 1. The van der Waals surface area contributed by atoms with Crippen LogP contribution in [-0.2, 0) is 14.8 Å². The monoisotopic (exact) mass is 433 g/mol. The number of aromatic nitrogens is 2. The molecule has 0 radical (unpaired) electrons. The molecule has 2 aromatic carbocycles. The topological polar surface area (TPSA) is 104 Å². The van der Waals surface area contributed by atoms with Crippen molar-refractivity contribution in [1.82, 2.24) is 9.78 Å². The van der Waals surface area contributed by atoms with Crippen LogP contribution in [0, 0.1) is 0 Å². The fourth-order valence-electron chi connectivity index (χ4n) is 2.66. The first kappa shape index (κ1) is 21.0. The second-order valence-electron chi connectivity index (χ2n) is 6.36. The van der Waals surface area contributed by atoms with E-state index in [1.54, 1.807) is 47.1 Å². The third-order valence-electron chi connectivity index (χ3n) is 4.20. The van der Waals surface area contributed by atoms with E-state index in [1.165, 1.54) is 12.1 Å². The molecule has 2 N–H and O–H groups in total. The van der Waals surface area contributed by atoms with Gasteiger partial charge in [0.2, 0.25) is 10.0 Å². The van der Waals surface area contributed by atoms with Crippen LogP contribution in [0.25, 0.3) is 16.9 Å². The lowest BCUT2D eigenvalue weighted by atomic mass is 10.1. The molecule has 3 rings (SSSR count). The number of sulfonamides is 1. The zero-order valence-electron chi connectivity index (χ0n) is 15.7. The summed E-state index contributed by atoms with van der Waals surface area (Å²) in [6, 6.07) is 14.6. The van der Waals surface area contributed by atoms with Gasteiger partial charge in [-0.15, -0.1) is 0 Å². The van der Waals surface area contributed by atoms with Gasteiger partial charge in [-0.1, -0.05) is 37.1 Å². The standard InChI is InChI=1S/C20H20ClN3O4S/c1-2-3-12-28-20(25)18-13-19(14-4-6-15(21)7-5-14)24(23-18)16-8-10-17(11-9-16)29(22,26)27/h4-11,13H,2-3,12H2,1H3,(H2,22,26,27). The second-order valence-corrected chi connectivity index (χ2v) is 8.36. The molecule has 7 nitrogen and oxygen atoms in total. The first-order valence-corrected chi connectivity index (χ1v) is 10.9. The highest BCUT2D eigenvalue weighted by molar-refractivity contribution is 7.89. The van der Waals surface area contributed by atoms with Crippen molar-refractivity contribution in [2.75, 3.05) is 6.61 Å². The maximum absolute atomic E-state index is 12.4. The Morgan fingerprint density at radius 1 is 1.14 bits per heavy atom. The molecule has 0 saturated heterocycles. The van der Waals surface area contributed by atoms with E-state index < -0.39 is 16.0 Å². The fraction of sp³-hybridized carbons (Fsp3) is 0.200. The Kier molecular flexibility index (Phi) is 6.36. The Balaban J connectivity index is 2.04. The summed E-state index contributed by atoms with van der Waals surface area (Å²) in [6.45, 7) is 2.33. The molecule has 0 spiro atoms. The van der Waals surface area contributed by atoms with Crippen LogP contribution in [0.3, 0.4) is 0 Å². The van der Waals surface area contributed by atoms with Crippen LogP contribution in [0.15, 0.2) is 59.5 Å². The van der Waals surface area contributed by atoms with Crippen molar-refractivity contribution in [3.8, 4) is 16.9 Å². The Hall–Kier alpha value is -2.68. The number of esters is 1. The minimum atomic E-state index is -3.81. The highest BCUT2D eigenvalue weighted by Crippen LogP contribution is 2.26. The highest BCUT2D eigenvalue weighted by Gasteiger charge is 2.18. The molecule has 9 heteroatoms. The van der Waals surface area contributed by atoms with E-state index in [1.807, 2.05) is 6.92 Å². The molecular weight excluding hydrogens is 414 g/mol. The highest BCUT2D eigenvalue weighted by atomic mass is 35.5.